The molecule has 2 N–H and O–H groups in total. The number of amides is 1. The number of nitriles is 1. The molecular formula is C19H17N3O6S. The van der Waals surface area contributed by atoms with Crippen LogP contribution in [0, 0.1) is 11.3 Å². The van der Waals surface area contributed by atoms with Gasteiger partial charge in [0.05, 0.1) is 41.0 Å². The Kier molecular flexibility index (Phi) is 5.93. The number of rotatable bonds is 5. The molecule has 2 aromatic rings. The average molecular weight is 415 g/mol. The van der Waals surface area contributed by atoms with Crippen molar-refractivity contribution in [1.29, 1.82) is 5.26 Å². The molecule has 0 radical (unpaired) electrons. The van der Waals surface area contributed by atoms with Crippen molar-refractivity contribution in [2.24, 2.45) is 0 Å². The first-order valence-electron chi connectivity index (χ1n) is 8.59. The van der Waals surface area contributed by atoms with Gasteiger partial charge in [-0.05, 0) is 36.4 Å². The van der Waals surface area contributed by atoms with Crippen LogP contribution in [0.2, 0.25) is 0 Å². The van der Waals surface area contributed by atoms with Crippen LogP contribution in [0.15, 0.2) is 47.4 Å². The van der Waals surface area contributed by atoms with Crippen molar-refractivity contribution in [3.05, 3.63) is 59.2 Å². The second-order valence-corrected chi connectivity index (χ2v) is 8.11. The summed E-state index contributed by atoms with van der Waals surface area (Å²) >= 11 is 0. The summed E-state index contributed by atoms with van der Waals surface area (Å²) in [6, 6.07) is 11.2. The molecule has 1 fully saturated rings. The quantitative estimate of drug-likeness (QED) is 0.755. The van der Waals surface area contributed by atoms with Crippen molar-refractivity contribution in [1.82, 2.24) is 4.31 Å². The normalized spacial score (nSPS) is 14.7. The Morgan fingerprint density at radius 3 is 2.52 bits per heavy atom. The van der Waals surface area contributed by atoms with E-state index in [-0.39, 0.29) is 40.4 Å². The summed E-state index contributed by atoms with van der Waals surface area (Å²) in [5.41, 5.74) is -0.0449. The van der Waals surface area contributed by atoms with E-state index < -0.39 is 21.9 Å². The molecule has 0 aromatic heterocycles. The van der Waals surface area contributed by atoms with Crippen molar-refractivity contribution < 1.29 is 27.9 Å². The number of nitrogens with zero attached hydrogens (tertiary/aromatic N) is 2. The SMILES string of the molecule is N#Cc1ccc(NC(=O)c2cccc(S(=O)(=O)N3CCOCC3)c2)c(C(=O)O)c1. The molecule has 2 aromatic carbocycles. The van der Waals surface area contributed by atoms with E-state index in [1.54, 1.807) is 0 Å². The molecule has 1 heterocycles. The number of ether oxygens (including phenoxy) is 1. The monoisotopic (exact) mass is 415 g/mol. The molecule has 0 saturated carbocycles. The van der Waals surface area contributed by atoms with E-state index in [1.807, 2.05) is 6.07 Å². The second-order valence-electron chi connectivity index (χ2n) is 6.18. The largest absolute Gasteiger partial charge is 0.478 e. The zero-order chi connectivity index (χ0) is 21.0. The van der Waals surface area contributed by atoms with Crippen LogP contribution in [0.1, 0.15) is 26.3 Å². The van der Waals surface area contributed by atoms with Gasteiger partial charge in [0.25, 0.3) is 5.91 Å². The standard InChI is InChI=1S/C19H17N3O6S/c20-12-13-4-5-17(16(10-13)19(24)25)21-18(23)14-2-1-3-15(11-14)29(26,27)22-6-8-28-9-7-22/h1-5,10-11H,6-9H2,(H,21,23)(H,24,25). The summed E-state index contributed by atoms with van der Waals surface area (Å²) < 4.78 is 32.0. The highest BCUT2D eigenvalue weighted by molar-refractivity contribution is 7.89. The predicted octanol–water partition coefficient (Wildman–Crippen LogP) is 1.53. The minimum Gasteiger partial charge on any atom is -0.478 e. The number of anilines is 1. The number of benzene rings is 2. The molecule has 1 amide bonds. The summed E-state index contributed by atoms with van der Waals surface area (Å²) in [6.07, 6.45) is 0. The zero-order valence-corrected chi connectivity index (χ0v) is 16.0. The van der Waals surface area contributed by atoms with Crippen LogP contribution in [0.4, 0.5) is 5.69 Å². The van der Waals surface area contributed by atoms with E-state index in [2.05, 4.69) is 5.32 Å². The third-order valence-corrected chi connectivity index (χ3v) is 6.23. The number of carboxylic acids is 1. The van der Waals surface area contributed by atoms with E-state index in [0.29, 0.717) is 13.2 Å². The highest BCUT2D eigenvalue weighted by Gasteiger charge is 2.27. The van der Waals surface area contributed by atoms with Crippen LogP contribution >= 0.6 is 0 Å². The molecule has 9 nitrogen and oxygen atoms in total. The third kappa shape index (κ3) is 4.43. The summed E-state index contributed by atoms with van der Waals surface area (Å²) in [7, 11) is -3.78. The Labute approximate surface area is 167 Å². The van der Waals surface area contributed by atoms with Gasteiger partial charge >= 0.3 is 5.97 Å². The van der Waals surface area contributed by atoms with Gasteiger partial charge < -0.3 is 15.2 Å². The van der Waals surface area contributed by atoms with Gasteiger partial charge in [-0.25, -0.2) is 13.2 Å². The molecule has 1 aliphatic rings. The topological polar surface area (TPSA) is 137 Å². The number of carbonyl (C=O) groups is 2. The molecule has 1 aliphatic heterocycles. The molecular weight excluding hydrogens is 398 g/mol. The highest BCUT2D eigenvalue weighted by Crippen LogP contribution is 2.21. The maximum absolute atomic E-state index is 12.8. The Bertz CT molecular complexity index is 1100. The number of carbonyl (C=O) groups excluding carboxylic acids is 1. The number of nitrogens with one attached hydrogen (secondary N) is 1. The van der Waals surface area contributed by atoms with Gasteiger partial charge in [0.1, 0.15) is 0 Å². The number of hydrogen-bond acceptors (Lipinski definition) is 6. The maximum Gasteiger partial charge on any atom is 0.337 e. The fourth-order valence-corrected chi connectivity index (χ4v) is 4.28. The van der Waals surface area contributed by atoms with Crippen molar-refractivity contribution in [3.8, 4) is 6.07 Å². The van der Waals surface area contributed by atoms with Gasteiger partial charge in [0.2, 0.25) is 10.0 Å². The van der Waals surface area contributed by atoms with E-state index in [4.69, 9.17) is 10.00 Å². The first-order valence-corrected chi connectivity index (χ1v) is 10.0. The fourth-order valence-electron chi connectivity index (χ4n) is 2.83. The molecule has 10 heteroatoms. The summed E-state index contributed by atoms with van der Waals surface area (Å²) in [6.45, 7) is 1.06. The summed E-state index contributed by atoms with van der Waals surface area (Å²) in [5, 5.41) is 20.7. The Balaban J connectivity index is 1.87. The molecule has 0 aliphatic carbocycles. The Morgan fingerprint density at radius 1 is 1.14 bits per heavy atom. The smallest absolute Gasteiger partial charge is 0.337 e. The lowest BCUT2D eigenvalue weighted by atomic mass is 10.1. The number of sulfonamides is 1. The Morgan fingerprint density at radius 2 is 1.86 bits per heavy atom. The van der Waals surface area contributed by atoms with Crippen molar-refractivity contribution in [3.63, 3.8) is 0 Å². The van der Waals surface area contributed by atoms with Crippen LogP contribution in [-0.2, 0) is 14.8 Å². The van der Waals surface area contributed by atoms with Crippen LogP contribution in [-0.4, -0.2) is 56.0 Å². The van der Waals surface area contributed by atoms with Crippen LogP contribution in [0.5, 0.6) is 0 Å². The van der Waals surface area contributed by atoms with E-state index in [0.717, 1.165) is 6.07 Å². The minimum absolute atomic E-state index is 0.00272. The number of hydrogen-bond donors (Lipinski definition) is 2. The van der Waals surface area contributed by atoms with Gasteiger partial charge in [-0.3, -0.25) is 4.79 Å². The third-order valence-electron chi connectivity index (χ3n) is 4.33. The van der Waals surface area contributed by atoms with Crippen molar-refractivity contribution >= 4 is 27.6 Å². The lowest BCUT2D eigenvalue weighted by molar-refractivity contribution is 0.0698. The van der Waals surface area contributed by atoms with Crippen LogP contribution in [0.25, 0.3) is 0 Å². The predicted molar refractivity (Wildman–Crippen MR) is 102 cm³/mol. The van der Waals surface area contributed by atoms with E-state index in [1.165, 1.54) is 40.7 Å². The number of carboxylic acid groups (broad SMARTS) is 1. The maximum atomic E-state index is 12.8. The fraction of sp³-hybridized carbons (Fsp3) is 0.211. The first kappa shape index (κ1) is 20.5. The highest BCUT2D eigenvalue weighted by atomic mass is 32.2. The second kappa shape index (κ2) is 8.40. The molecule has 0 unspecified atom stereocenters. The van der Waals surface area contributed by atoms with Crippen molar-refractivity contribution in [2.75, 3.05) is 31.6 Å². The minimum atomic E-state index is -3.78. The lowest BCUT2D eigenvalue weighted by Gasteiger charge is -2.26. The van der Waals surface area contributed by atoms with Gasteiger partial charge in [-0.1, -0.05) is 6.07 Å². The summed E-state index contributed by atoms with van der Waals surface area (Å²) in [4.78, 5) is 24.0. The molecule has 0 spiro atoms. The van der Waals surface area contributed by atoms with Crippen LogP contribution < -0.4 is 5.32 Å². The van der Waals surface area contributed by atoms with Gasteiger partial charge in [-0.15, -0.1) is 0 Å². The Hall–Kier alpha value is -3.26. The molecule has 0 atom stereocenters. The first-order chi connectivity index (χ1) is 13.8. The molecule has 3 rings (SSSR count). The van der Waals surface area contributed by atoms with Crippen molar-refractivity contribution in [2.45, 2.75) is 4.90 Å². The molecule has 0 bridgehead atoms. The average Bonchev–Trinajstić information content (AvgIpc) is 2.74. The summed E-state index contributed by atoms with van der Waals surface area (Å²) in [5.74, 6) is -1.97. The van der Waals surface area contributed by atoms with E-state index in [9.17, 15) is 23.1 Å². The van der Waals surface area contributed by atoms with E-state index >= 15 is 0 Å². The van der Waals surface area contributed by atoms with Crippen LogP contribution in [0.3, 0.4) is 0 Å². The molecule has 29 heavy (non-hydrogen) atoms. The zero-order valence-electron chi connectivity index (χ0n) is 15.2. The van der Waals surface area contributed by atoms with Gasteiger partial charge in [-0.2, -0.15) is 9.57 Å². The van der Waals surface area contributed by atoms with Gasteiger partial charge in [0, 0.05) is 18.7 Å². The lowest BCUT2D eigenvalue weighted by Crippen LogP contribution is -2.40. The van der Waals surface area contributed by atoms with Gasteiger partial charge in [0.15, 0.2) is 0 Å². The molecule has 150 valence electrons. The number of morpholine rings is 1. The molecule has 1 saturated heterocycles. The number of aromatic carboxylic acids is 1.